The Bertz CT molecular complexity index is 403. The maximum Gasteiger partial charge on any atom is 0.334 e. The molecule has 17 heavy (non-hydrogen) atoms. The molecule has 0 radical (unpaired) electrons. The van der Waals surface area contributed by atoms with Gasteiger partial charge < -0.3 is 25.8 Å². The molecule has 0 saturated carbocycles. The van der Waals surface area contributed by atoms with Gasteiger partial charge in [-0.2, -0.15) is 0 Å². The van der Waals surface area contributed by atoms with Gasteiger partial charge in [-0.3, -0.25) is 4.79 Å². The van der Waals surface area contributed by atoms with Crippen LogP contribution in [0.3, 0.4) is 0 Å². The molecule has 0 aliphatic carbocycles. The van der Waals surface area contributed by atoms with Gasteiger partial charge in [0.25, 0.3) is 5.91 Å². The Balaban J connectivity index is 2.49. The summed E-state index contributed by atoms with van der Waals surface area (Å²) in [6.45, 7) is 0.602. The number of carboxylic acid groups (broad SMARTS) is 1. The highest BCUT2D eigenvalue weighted by molar-refractivity contribution is 5.92. The number of aromatic nitrogens is 2. The van der Waals surface area contributed by atoms with Crippen LogP contribution >= 0.6 is 0 Å². The number of rotatable bonds is 6. The molecule has 0 aromatic carbocycles. The molecule has 0 bridgehead atoms. The second-order valence-electron chi connectivity index (χ2n) is 3.35. The number of carbonyl (C=O) groups excluding carboxylic acids is 1. The van der Waals surface area contributed by atoms with Gasteiger partial charge in [-0.15, -0.1) is 0 Å². The van der Waals surface area contributed by atoms with Crippen molar-refractivity contribution < 1.29 is 19.8 Å². The molecule has 1 unspecified atom stereocenters. The first kappa shape index (κ1) is 13.1. The van der Waals surface area contributed by atoms with E-state index >= 15 is 0 Å². The average molecular weight is 242 g/mol. The van der Waals surface area contributed by atoms with E-state index in [0.29, 0.717) is 13.1 Å². The van der Waals surface area contributed by atoms with Gasteiger partial charge in [0.1, 0.15) is 5.69 Å². The van der Waals surface area contributed by atoms with Gasteiger partial charge in [0.05, 0.1) is 12.9 Å². The van der Waals surface area contributed by atoms with Crippen LogP contribution in [0.25, 0.3) is 0 Å². The van der Waals surface area contributed by atoms with Crippen LogP contribution in [0.4, 0.5) is 0 Å². The summed E-state index contributed by atoms with van der Waals surface area (Å²) in [7, 11) is 0. The van der Waals surface area contributed by atoms with Crippen molar-refractivity contribution in [2.45, 2.75) is 12.6 Å². The van der Waals surface area contributed by atoms with E-state index in [2.05, 4.69) is 10.3 Å². The number of hydrogen-bond donors (Lipinski definition) is 4. The van der Waals surface area contributed by atoms with Crippen molar-refractivity contribution in [1.82, 2.24) is 14.9 Å². The summed E-state index contributed by atoms with van der Waals surface area (Å²) >= 11 is 0. The highest BCUT2D eigenvalue weighted by Gasteiger charge is 2.15. The average Bonchev–Trinajstić information content (AvgIpc) is 2.74. The Morgan fingerprint density at radius 3 is 2.88 bits per heavy atom. The van der Waals surface area contributed by atoms with Gasteiger partial charge in [-0.1, -0.05) is 0 Å². The van der Waals surface area contributed by atoms with Gasteiger partial charge >= 0.3 is 5.97 Å². The predicted octanol–water partition coefficient (Wildman–Crippen LogP) is -1.98. The van der Waals surface area contributed by atoms with Crippen LogP contribution in [0, 0.1) is 0 Å². The standard InChI is InChI=1S/C9H14N4O4/c10-1-2-13-4-6(12-5-13)8(15)11-3-7(14)9(16)17/h4-5,7,14H,1-3,10H2,(H,11,15)(H,16,17). The first-order valence-electron chi connectivity index (χ1n) is 4.95. The van der Waals surface area contributed by atoms with Crippen LogP contribution in [-0.2, 0) is 11.3 Å². The van der Waals surface area contributed by atoms with Crippen LogP contribution in [-0.4, -0.2) is 50.8 Å². The van der Waals surface area contributed by atoms with Gasteiger partial charge in [0.2, 0.25) is 0 Å². The summed E-state index contributed by atoms with van der Waals surface area (Å²) in [5.41, 5.74) is 5.48. The minimum atomic E-state index is -1.62. The van der Waals surface area contributed by atoms with Crippen molar-refractivity contribution in [3.63, 3.8) is 0 Å². The molecule has 0 aliphatic heterocycles. The van der Waals surface area contributed by atoms with E-state index in [1.54, 1.807) is 4.57 Å². The fraction of sp³-hybridized carbons (Fsp3) is 0.444. The lowest BCUT2D eigenvalue weighted by Gasteiger charge is -2.05. The Morgan fingerprint density at radius 2 is 2.29 bits per heavy atom. The van der Waals surface area contributed by atoms with Crippen molar-refractivity contribution in [3.8, 4) is 0 Å². The zero-order valence-corrected chi connectivity index (χ0v) is 9.04. The van der Waals surface area contributed by atoms with Gasteiger partial charge in [0, 0.05) is 19.3 Å². The molecule has 1 aromatic heterocycles. The lowest BCUT2D eigenvalue weighted by Crippen LogP contribution is -2.36. The Hall–Kier alpha value is -1.93. The van der Waals surface area contributed by atoms with Crippen molar-refractivity contribution >= 4 is 11.9 Å². The summed E-state index contributed by atoms with van der Waals surface area (Å²) in [4.78, 5) is 25.6. The van der Waals surface area contributed by atoms with E-state index in [-0.39, 0.29) is 12.2 Å². The molecule has 0 fully saturated rings. The second kappa shape index (κ2) is 5.97. The molecule has 94 valence electrons. The number of carboxylic acids is 1. The van der Waals surface area contributed by atoms with Crippen LogP contribution in [0.15, 0.2) is 12.5 Å². The minimum Gasteiger partial charge on any atom is -0.479 e. The number of nitrogens with one attached hydrogen (secondary N) is 1. The molecule has 5 N–H and O–H groups in total. The summed E-state index contributed by atoms with van der Waals surface area (Å²) < 4.78 is 1.64. The van der Waals surface area contributed by atoms with Crippen molar-refractivity contribution in [1.29, 1.82) is 0 Å². The SMILES string of the molecule is NCCn1cnc(C(=O)NCC(O)C(=O)O)c1. The maximum atomic E-state index is 11.5. The number of carbonyl (C=O) groups is 2. The molecule has 1 amide bonds. The van der Waals surface area contributed by atoms with Crippen molar-refractivity contribution in [3.05, 3.63) is 18.2 Å². The smallest absolute Gasteiger partial charge is 0.334 e. The lowest BCUT2D eigenvalue weighted by atomic mass is 10.3. The summed E-state index contributed by atoms with van der Waals surface area (Å²) in [6.07, 6.45) is 1.33. The third-order valence-electron chi connectivity index (χ3n) is 1.99. The van der Waals surface area contributed by atoms with E-state index in [0.717, 1.165) is 0 Å². The predicted molar refractivity (Wildman–Crippen MR) is 57.3 cm³/mol. The molecule has 0 saturated heterocycles. The largest absolute Gasteiger partial charge is 0.479 e. The number of amides is 1. The molecule has 8 nitrogen and oxygen atoms in total. The molecule has 0 aliphatic rings. The van der Waals surface area contributed by atoms with Crippen LogP contribution in [0.5, 0.6) is 0 Å². The number of nitrogens with two attached hydrogens (primary N) is 1. The van der Waals surface area contributed by atoms with Crippen LogP contribution in [0.1, 0.15) is 10.5 Å². The van der Waals surface area contributed by atoms with Gasteiger partial charge in [-0.05, 0) is 0 Å². The van der Waals surface area contributed by atoms with Gasteiger partial charge in [-0.25, -0.2) is 9.78 Å². The molecule has 1 rings (SSSR count). The highest BCUT2D eigenvalue weighted by atomic mass is 16.4. The third-order valence-corrected chi connectivity index (χ3v) is 1.99. The Kier molecular flexibility index (Phi) is 4.61. The van der Waals surface area contributed by atoms with E-state index in [1.165, 1.54) is 12.5 Å². The maximum absolute atomic E-state index is 11.5. The Labute approximate surface area is 97.1 Å². The number of hydrogen-bond acceptors (Lipinski definition) is 5. The molecule has 1 aromatic rings. The quantitative estimate of drug-likeness (QED) is 0.457. The number of nitrogens with zero attached hydrogens (tertiary/aromatic N) is 2. The second-order valence-corrected chi connectivity index (χ2v) is 3.35. The lowest BCUT2D eigenvalue weighted by molar-refractivity contribution is -0.146. The fourth-order valence-corrected chi connectivity index (χ4v) is 1.12. The first-order valence-corrected chi connectivity index (χ1v) is 4.95. The molecular weight excluding hydrogens is 228 g/mol. The van der Waals surface area contributed by atoms with Crippen molar-refractivity contribution in [2.24, 2.45) is 5.73 Å². The number of aliphatic hydroxyl groups excluding tert-OH is 1. The zero-order valence-electron chi connectivity index (χ0n) is 9.04. The molecule has 0 spiro atoms. The number of aliphatic hydroxyl groups is 1. The summed E-state index contributed by atoms with van der Waals surface area (Å²) in [5.74, 6) is -1.93. The molecule has 1 atom stereocenters. The summed E-state index contributed by atoms with van der Waals surface area (Å²) in [6, 6.07) is 0. The van der Waals surface area contributed by atoms with E-state index in [4.69, 9.17) is 15.9 Å². The topological polar surface area (TPSA) is 130 Å². The normalized spacial score (nSPS) is 12.1. The molecule has 1 heterocycles. The Morgan fingerprint density at radius 1 is 1.59 bits per heavy atom. The van der Waals surface area contributed by atoms with Crippen LogP contribution in [0.2, 0.25) is 0 Å². The number of aliphatic carboxylic acids is 1. The molecule has 8 heteroatoms. The van der Waals surface area contributed by atoms with Crippen molar-refractivity contribution in [2.75, 3.05) is 13.1 Å². The monoisotopic (exact) mass is 242 g/mol. The van der Waals surface area contributed by atoms with Gasteiger partial charge in [0.15, 0.2) is 6.10 Å². The zero-order chi connectivity index (χ0) is 12.8. The minimum absolute atomic E-state index is 0.149. The summed E-state index contributed by atoms with van der Waals surface area (Å²) in [5, 5.41) is 19.6. The fourth-order valence-electron chi connectivity index (χ4n) is 1.12. The molecular formula is C9H14N4O4. The van der Waals surface area contributed by atoms with E-state index in [1.807, 2.05) is 0 Å². The van der Waals surface area contributed by atoms with E-state index in [9.17, 15) is 9.59 Å². The number of imidazole rings is 1. The van der Waals surface area contributed by atoms with Crippen LogP contribution < -0.4 is 11.1 Å². The van der Waals surface area contributed by atoms with E-state index < -0.39 is 18.0 Å². The highest BCUT2D eigenvalue weighted by Crippen LogP contribution is 1.96. The third kappa shape index (κ3) is 3.85. The first-order chi connectivity index (χ1) is 8.04.